The Bertz CT molecular complexity index is 1420. The van der Waals surface area contributed by atoms with E-state index in [-0.39, 0.29) is 16.4 Å². The number of hydrogen-bond donors (Lipinski definition) is 3. The Labute approximate surface area is 216 Å². The maximum atomic E-state index is 13.5. The lowest BCUT2D eigenvalue weighted by atomic mass is 10.1. The van der Waals surface area contributed by atoms with Gasteiger partial charge in [0.15, 0.2) is 5.78 Å². The standard InChI is InChI=1S/C26H30N4O6S/c1-16-24(18(3)31)17(2)27-25(16)26(32)28-20-7-10-22(30-11-13-36-14-12-30)23(15-20)37(33,34)29-19-5-8-21(35-4)9-6-19/h5-10,15,27,29H,11-14H2,1-4H3,(H,28,32). The normalized spacial score (nSPS) is 13.8. The number of sulfonamides is 1. The molecule has 10 nitrogen and oxygen atoms in total. The molecule has 1 aliphatic rings. The lowest BCUT2D eigenvalue weighted by Gasteiger charge is -2.30. The van der Waals surface area contributed by atoms with Crippen LogP contribution in [0.4, 0.5) is 17.1 Å². The third-order valence-electron chi connectivity index (χ3n) is 6.22. The van der Waals surface area contributed by atoms with Crippen molar-refractivity contribution < 1.29 is 27.5 Å². The number of H-pyrrole nitrogens is 1. The second-order valence-corrected chi connectivity index (χ2v) is 10.4. The number of rotatable bonds is 8. The molecule has 0 spiro atoms. The third-order valence-corrected chi connectivity index (χ3v) is 7.63. The van der Waals surface area contributed by atoms with E-state index in [0.717, 1.165) is 0 Å². The molecule has 1 fully saturated rings. The number of hydrogen-bond acceptors (Lipinski definition) is 7. The van der Waals surface area contributed by atoms with Crippen LogP contribution in [0.5, 0.6) is 5.75 Å². The molecule has 4 rings (SSSR count). The number of aromatic amines is 1. The van der Waals surface area contributed by atoms with Crippen molar-refractivity contribution in [2.75, 3.05) is 48.4 Å². The molecule has 0 atom stereocenters. The molecule has 1 saturated heterocycles. The van der Waals surface area contributed by atoms with Crippen LogP contribution in [-0.2, 0) is 14.8 Å². The fraction of sp³-hybridized carbons (Fsp3) is 0.308. The number of aromatic nitrogens is 1. The lowest BCUT2D eigenvalue weighted by Crippen LogP contribution is -2.37. The number of carbonyl (C=O) groups is 2. The van der Waals surface area contributed by atoms with Crippen molar-refractivity contribution in [2.24, 2.45) is 0 Å². The summed E-state index contributed by atoms with van der Waals surface area (Å²) in [7, 11) is -2.50. The summed E-state index contributed by atoms with van der Waals surface area (Å²) < 4.78 is 40.3. The Morgan fingerprint density at radius 3 is 2.27 bits per heavy atom. The summed E-state index contributed by atoms with van der Waals surface area (Å²) >= 11 is 0. The van der Waals surface area contributed by atoms with Crippen molar-refractivity contribution in [3.8, 4) is 5.75 Å². The molecule has 2 heterocycles. The van der Waals surface area contributed by atoms with Gasteiger partial charge in [-0.3, -0.25) is 14.3 Å². The quantitative estimate of drug-likeness (QED) is 0.381. The Morgan fingerprint density at radius 2 is 1.68 bits per heavy atom. The first kappa shape index (κ1) is 26.2. The molecule has 3 aromatic rings. The zero-order chi connectivity index (χ0) is 26.7. The Balaban J connectivity index is 1.68. The van der Waals surface area contributed by atoms with Crippen LogP contribution in [0.2, 0.25) is 0 Å². The maximum Gasteiger partial charge on any atom is 0.272 e. The lowest BCUT2D eigenvalue weighted by molar-refractivity contribution is 0.101. The zero-order valence-electron chi connectivity index (χ0n) is 21.2. The van der Waals surface area contributed by atoms with E-state index in [0.29, 0.717) is 65.9 Å². The number of benzene rings is 2. The van der Waals surface area contributed by atoms with Gasteiger partial charge in [0.2, 0.25) is 0 Å². The van der Waals surface area contributed by atoms with Crippen LogP contribution < -0.4 is 19.7 Å². The van der Waals surface area contributed by atoms with Gasteiger partial charge >= 0.3 is 0 Å². The molecular weight excluding hydrogens is 496 g/mol. The monoisotopic (exact) mass is 526 g/mol. The first-order valence-electron chi connectivity index (χ1n) is 11.8. The SMILES string of the molecule is COc1ccc(NS(=O)(=O)c2cc(NC(=O)c3[nH]c(C)c(C(C)=O)c3C)ccc2N2CCOCC2)cc1. The number of amides is 1. The van der Waals surface area contributed by atoms with E-state index in [1.165, 1.54) is 20.1 Å². The van der Waals surface area contributed by atoms with Gasteiger partial charge in [-0.05, 0) is 68.8 Å². The smallest absolute Gasteiger partial charge is 0.272 e. The van der Waals surface area contributed by atoms with Crippen molar-refractivity contribution in [3.05, 3.63) is 65.0 Å². The van der Waals surface area contributed by atoms with Crippen LogP contribution in [0, 0.1) is 13.8 Å². The summed E-state index contributed by atoms with van der Waals surface area (Å²) in [6, 6.07) is 11.3. The number of carbonyl (C=O) groups excluding carboxylic acids is 2. The summed E-state index contributed by atoms with van der Waals surface area (Å²) in [6.45, 7) is 6.90. The van der Waals surface area contributed by atoms with Crippen LogP contribution in [0.3, 0.4) is 0 Å². The number of aryl methyl sites for hydroxylation is 1. The molecule has 1 aliphatic heterocycles. The molecule has 0 radical (unpaired) electrons. The van der Waals surface area contributed by atoms with Gasteiger partial charge in [0.05, 0.1) is 26.0 Å². The molecular formula is C26H30N4O6S. The Morgan fingerprint density at radius 1 is 1.03 bits per heavy atom. The Kier molecular flexibility index (Phi) is 7.55. The molecule has 3 N–H and O–H groups in total. The molecule has 196 valence electrons. The zero-order valence-corrected chi connectivity index (χ0v) is 22.0. The predicted octanol–water partition coefficient (Wildman–Crippen LogP) is 3.73. The summed E-state index contributed by atoms with van der Waals surface area (Å²) in [5.41, 5.74) is 3.05. The van der Waals surface area contributed by atoms with Gasteiger partial charge < -0.3 is 24.7 Å². The van der Waals surface area contributed by atoms with E-state index in [9.17, 15) is 18.0 Å². The molecule has 1 amide bonds. The molecule has 0 saturated carbocycles. The second-order valence-electron chi connectivity index (χ2n) is 8.75. The summed E-state index contributed by atoms with van der Waals surface area (Å²) in [5.74, 6) is -0.0127. The highest BCUT2D eigenvalue weighted by Crippen LogP contribution is 2.31. The van der Waals surface area contributed by atoms with Crippen LogP contribution in [0.1, 0.15) is 39.0 Å². The summed E-state index contributed by atoms with van der Waals surface area (Å²) in [5, 5.41) is 2.77. The van der Waals surface area contributed by atoms with E-state index >= 15 is 0 Å². The number of methoxy groups -OCH3 is 1. The maximum absolute atomic E-state index is 13.5. The van der Waals surface area contributed by atoms with Crippen molar-refractivity contribution in [2.45, 2.75) is 25.7 Å². The molecule has 2 aromatic carbocycles. The molecule has 0 unspecified atom stereocenters. The van der Waals surface area contributed by atoms with E-state index in [2.05, 4.69) is 15.0 Å². The number of anilines is 3. The highest BCUT2D eigenvalue weighted by atomic mass is 32.2. The predicted molar refractivity (Wildman–Crippen MR) is 142 cm³/mol. The van der Waals surface area contributed by atoms with Crippen molar-refractivity contribution in [1.29, 1.82) is 0 Å². The van der Waals surface area contributed by atoms with Crippen molar-refractivity contribution in [3.63, 3.8) is 0 Å². The fourth-order valence-electron chi connectivity index (χ4n) is 4.44. The average molecular weight is 527 g/mol. The van der Waals surface area contributed by atoms with E-state index in [1.807, 2.05) is 4.90 Å². The van der Waals surface area contributed by atoms with Gasteiger partial charge in [-0.1, -0.05) is 0 Å². The number of Topliss-reactive ketones (excluding diaryl/α,β-unsaturated/α-hetero) is 1. The molecule has 11 heteroatoms. The second kappa shape index (κ2) is 10.7. The molecule has 0 aliphatic carbocycles. The fourth-order valence-corrected chi connectivity index (χ4v) is 5.75. The minimum absolute atomic E-state index is 0.0202. The average Bonchev–Trinajstić information content (AvgIpc) is 3.18. The van der Waals surface area contributed by atoms with Gasteiger partial charge in [-0.15, -0.1) is 0 Å². The molecule has 0 bridgehead atoms. The van der Waals surface area contributed by atoms with Gasteiger partial charge in [0.25, 0.3) is 15.9 Å². The molecule has 37 heavy (non-hydrogen) atoms. The van der Waals surface area contributed by atoms with Crippen molar-refractivity contribution in [1.82, 2.24) is 4.98 Å². The van der Waals surface area contributed by atoms with Gasteiger partial charge in [0.1, 0.15) is 16.3 Å². The van der Waals surface area contributed by atoms with Crippen LogP contribution in [0.15, 0.2) is 47.4 Å². The topological polar surface area (TPSA) is 130 Å². The Hall–Kier alpha value is -3.83. The van der Waals surface area contributed by atoms with Gasteiger partial charge in [0, 0.05) is 35.7 Å². The van der Waals surface area contributed by atoms with Crippen LogP contribution in [0.25, 0.3) is 0 Å². The van der Waals surface area contributed by atoms with Crippen LogP contribution >= 0.6 is 0 Å². The highest BCUT2D eigenvalue weighted by molar-refractivity contribution is 7.92. The highest BCUT2D eigenvalue weighted by Gasteiger charge is 2.26. The van der Waals surface area contributed by atoms with E-state index in [4.69, 9.17) is 9.47 Å². The van der Waals surface area contributed by atoms with E-state index < -0.39 is 15.9 Å². The number of nitrogens with zero attached hydrogens (tertiary/aromatic N) is 1. The van der Waals surface area contributed by atoms with Crippen molar-refractivity contribution >= 4 is 38.8 Å². The largest absolute Gasteiger partial charge is 0.497 e. The first-order chi connectivity index (χ1) is 17.6. The van der Waals surface area contributed by atoms with E-state index in [1.54, 1.807) is 50.2 Å². The molecule has 1 aromatic heterocycles. The minimum Gasteiger partial charge on any atom is -0.497 e. The number of morpholine rings is 1. The number of nitrogens with one attached hydrogen (secondary N) is 3. The number of ketones is 1. The van der Waals surface area contributed by atoms with Gasteiger partial charge in [-0.2, -0.15) is 0 Å². The van der Waals surface area contributed by atoms with Crippen LogP contribution in [-0.4, -0.2) is 58.5 Å². The summed E-state index contributed by atoms with van der Waals surface area (Å²) in [4.78, 5) is 30.0. The summed E-state index contributed by atoms with van der Waals surface area (Å²) in [6.07, 6.45) is 0. The third kappa shape index (κ3) is 5.62. The minimum atomic E-state index is -4.03. The first-order valence-corrected chi connectivity index (χ1v) is 13.2. The number of ether oxygens (including phenoxy) is 2. The van der Waals surface area contributed by atoms with Gasteiger partial charge in [-0.25, -0.2) is 8.42 Å².